The minimum Gasteiger partial charge on any atom is -0.382 e. The number of aliphatic hydroxyl groups is 3. The van der Waals surface area contributed by atoms with Gasteiger partial charge >= 0.3 is 0 Å². The summed E-state index contributed by atoms with van der Waals surface area (Å²) in [6.45, 7) is 2.54. The molecule has 3 N–H and O–H groups in total. The molecule has 10 nitrogen and oxygen atoms in total. The van der Waals surface area contributed by atoms with Crippen molar-refractivity contribution in [2.75, 3.05) is 0 Å². The second-order valence-corrected chi connectivity index (χ2v) is 8.01. The Labute approximate surface area is 181 Å². The Morgan fingerprint density at radius 3 is 1.84 bits per heavy atom. The molecule has 2 heterocycles. The normalized spacial score (nSPS) is 33.8. The predicted molar refractivity (Wildman–Crippen MR) is 103 cm³/mol. The molecule has 2 aliphatic heterocycles. The van der Waals surface area contributed by atoms with Crippen LogP contribution in [0.2, 0.25) is 0 Å². The van der Waals surface area contributed by atoms with Gasteiger partial charge in [0.05, 0.1) is 11.1 Å². The molecule has 2 amide bonds. The van der Waals surface area contributed by atoms with Crippen LogP contribution in [0.15, 0.2) is 24.3 Å². The predicted octanol–water partition coefficient (Wildman–Crippen LogP) is -0.795. The summed E-state index contributed by atoms with van der Waals surface area (Å²) in [6.07, 6.45) is -4.30. The van der Waals surface area contributed by atoms with Crippen molar-refractivity contribution < 1.29 is 44.0 Å². The highest BCUT2D eigenvalue weighted by atomic mass is 35.5. The lowest BCUT2D eigenvalue weighted by Crippen LogP contribution is -2.83. The second-order valence-electron chi connectivity index (χ2n) is 7.58. The molecule has 3 rings (SSSR count). The van der Waals surface area contributed by atoms with E-state index in [1.165, 1.54) is 24.3 Å². The molecule has 1 aromatic rings. The van der Waals surface area contributed by atoms with Crippen LogP contribution in [-0.2, 0) is 19.1 Å². The van der Waals surface area contributed by atoms with Gasteiger partial charge in [0.2, 0.25) is 0 Å². The van der Waals surface area contributed by atoms with E-state index in [-0.39, 0.29) is 11.1 Å². The number of ether oxygens (including phenoxy) is 1. The van der Waals surface area contributed by atoms with Gasteiger partial charge in [0, 0.05) is 0 Å². The van der Waals surface area contributed by atoms with Crippen molar-refractivity contribution >= 4 is 40.8 Å². The maximum absolute atomic E-state index is 13.0. The van der Waals surface area contributed by atoms with Crippen LogP contribution < -0.4 is 0 Å². The summed E-state index contributed by atoms with van der Waals surface area (Å²) in [7, 11) is 0. The number of Topliss-reactive ketones (excluding diaryl/α,β-unsaturated/α-hetero) is 3. The summed E-state index contributed by atoms with van der Waals surface area (Å²) in [4.78, 5) is 63.3. The van der Waals surface area contributed by atoms with Gasteiger partial charge in [-0.2, -0.15) is 0 Å². The summed E-state index contributed by atoms with van der Waals surface area (Å²) in [6, 6.07) is 3.61. The monoisotopic (exact) mass is 453 g/mol. The van der Waals surface area contributed by atoms with E-state index in [2.05, 4.69) is 0 Å². The van der Waals surface area contributed by atoms with Crippen LogP contribution in [0.3, 0.4) is 0 Å². The smallest absolute Gasteiger partial charge is 0.262 e. The van der Waals surface area contributed by atoms with Gasteiger partial charge in [-0.05, 0) is 32.9 Å². The molecule has 1 aromatic carbocycles. The van der Waals surface area contributed by atoms with E-state index < -0.39 is 64.2 Å². The largest absolute Gasteiger partial charge is 0.382 e. The lowest BCUT2D eigenvalue weighted by Gasteiger charge is -2.55. The number of rotatable bonds is 5. The number of amides is 2. The summed E-state index contributed by atoms with van der Waals surface area (Å²) in [5.41, 5.74) is -8.36. The number of aliphatic hydroxyl groups excluding tert-OH is 1. The molecule has 31 heavy (non-hydrogen) atoms. The van der Waals surface area contributed by atoms with Gasteiger partial charge in [-0.3, -0.25) is 28.9 Å². The van der Waals surface area contributed by atoms with Crippen LogP contribution in [0.4, 0.5) is 0 Å². The quantitative estimate of drug-likeness (QED) is 0.383. The topological polar surface area (TPSA) is 159 Å². The number of fused-ring (bicyclic) bond motifs is 1. The van der Waals surface area contributed by atoms with Crippen molar-refractivity contribution in [3.63, 3.8) is 0 Å². The lowest BCUT2D eigenvalue weighted by atomic mass is 9.66. The van der Waals surface area contributed by atoms with Crippen molar-refractivity contribution in [3.8, 4) is 0 Å². The van der Waals surface area contributed by atoms with E-state index in [1.807, 2.05) is 0 Å². The summed E-state index contributed by atoms with van der Waals surface area (Å²) in [5, 5.41) is 33.0. The van der Waals surface area contributed by atoms with E-state index >= 15 is 0 Å². The van der Waals surface area contributed by atoms with Crippen LogP contribution >= 0.6 is 11.6 Å². The number of benzene rings is 1. The SMILES string of the molecule is CC(=O)C(O)[C@H]1O[C@H](Cl)[C@@H](N2C(=O)c3ccccc3C2=O)[C@](O)(C(C)=O)[C@@]1(O)C(C)=O. The number of hydrogen-bond acceptors (Lipinski definition) is 9. The molecular weight excluding hydrogens is 434 g/mol. The van der Waals surface area contributed by atoms with Crippen LogP contribution in [0.25, 0.3) is 0 Å². The van der Waals surface area contributed by atoms with Crippen molar-refractivity contribution in [1.29, 1.82) is 0 Å². The molecule has 0 saturated carbocycles. The van der Waals surface area contributed by atoms with Crippen molar-refractivity contribution in [3.05, 3.63) is 35.4 Å². The molecule has 0 spiro atoms. The number of hydrogen-bond donors (Lipinski definition) is 3. The molecule has 2 aliphatic rings. The molecule has 0 aromatic heterocycles. The summed E-state index contributed by atoms with van der Waals surface area (Å²) in [5.74, 6) is -5.30. The van der Waals surface area contributed by atoms with Crippen molar-refractivity contribution in [2.24, 2.45) is 0 Å². The Morgan fingerprint density at radius 1 is 1.00 bits per heavy atom. The molecule has 0 bridgehead atoms. The maximum atomic E-state index is 13.0. The standard InChI is InChI=1S/C20H20ClNO9/c1-8(23)13(26)15-20(30,10(3)25)19(29,9(2)24)14(16(21)31-15)22-17(27)11-6-4-5-7-12(11)18(22)28/h4-7,13-16,26,29-30H,1-3H3/t13?,14-,15-,16+,19-,20-/m1/s1. The fourth-order valence-corrected chi connectivity index (χ4v) is 4.58. The van der Waals surface area contributed by atoms with Gasteiger partial charge in [0.15, 0.2) is 34.1 Å². The third-order valence-electron chi connectivity index (χ3n) is 5.83. The number of nitrogens with zero attached hydrogens (tertiary/aromatic N) is 1. The van der Waals surface area contributed by atoms with Crippen molar-refractivity contribution in [1.82, 2.24) is 4.90 Å². The molecule has 1 saturated heterocycles. The van der Waals surface area contributed by atoms with Crippen molar-refractivity contribution in [2.45, 2.75) is 55.8 Å². The number of carbonyl (C=O) groups is 5. The molecule has 0 aliphatic carbocycles. The highest BCUT2D eigenvalue weighted by Gasteiger charge is 2.73. The number of halogens is 1. The number of ketones is 3. The number of imide groups is 1. The van der Waals surface area contributed by atoms with Gasteiger partial charge in [-0.25, -0.2) is 0 Å². The van der Waals surface area contributed by atoms with Gasteiger partial charge in [-0.15, -0.1) is 0 Å². The van der Waals surface area contributed by atoms with Gasteiger partial charge in [0.25, 0.3) is 11.8 Å². The zero-order valence-corrected chi connectivity index (χ0v) is 17.5. The molecule has 11 heteroatoms. The van der Waals surface area contributed by atoms with Crippen LogP contribution in [-0.4, -0.2) is 84.4 Å². The Bertz CT molecular complexity index is 975. The first kappa shape index (κ1) is 23.2. The second kappa shape index (κ2) is 7.57. The Balaban J connectivity index is 2.24. The first-order valence-corrected chi connectivity index (χ1v) is 9.67. The Morgan fingerprint density at radius 2 is 1.45 bits per heavy atom. The van der Waals surface area contributed by atoms with E-state index in [1.54, 1.807) is 0 Å². The van der Waals surface area contributed by atoms with Gasteiger partial charge < -0.3 is 20.1 Å². The number of carbonyl (C=O) groups excluding carboxylic acids is 5. The molecular formula is C20H20ClNO9. The number of alkyl halides is 1. The first-order valence-electron chi connectivity index (χ1n) is 9.23. The fraction of sp³-hybridized carbons (Fsp3) is 0.450. The molecule has 1 unspecified atom stereocenters. The Hall–Kier alpha value is -2.50. The molecule has 166 valence electrons. The average Bonchev–Trinajstić information content (AvgIpc) is 2.95. The van der Waals surface area contributed by atoms with E-state index in [9.17, 15) is 39.3 Å². The fourth-order valence-electron chi connectivity index (χ4n) is 4.17. The van der Waals surface area contributed by atoms with Gasteiger partial charge in [0.1, 0.15) is 18.2 Å². The minimum atomic E-state index is -3.21. The van der Waals surface area contributed by atoms with Crippen LogP contribution in [0.1, 0.15) is 41.5 Å². The Kier molecular flexibility index (Phi) is 5.66. The highest BCUT2D eigenvalue weighted by Crippen LogP contribution is 2.46. The lowest BCUT2D eigenvalue weighted by molar-refractivity contribution is -0.273. The van der Waals surface area contributed by atoms with Gasteiger partial charge in [-0.1, -0.05) is 23.7 Å². The third kappa shape index (κ3) is 2.98. The highest BCUT2D eigenvalue weighted by molar-refractivity contribution is 6.25. The van der Waals surface area contributed by atoms with E-state index in [0.717, 1.165) is 20.8 Å². The third-order valence-corrected chi connectivity index (χ3v) is 6.17. The molecule has 0 radical (unpaired) electrons. The molecule has 6 atom stereocenters. The van der Waals surface area contributed by atoms with E-state index in [4.69, 9.17) is 16.3 Å². The maximum Gasteiger partial charge on any atom is 0.262 e. The first-order chi connectivity index (χ1) is 14.3. The molecule has 1 fully saturated rings. The summed E-state index contributed by atoms with van der Waals surface area (Å²) >= 11 is 6.21. The van der Waals surface area contributed by atoms with Crippen LogP contribution in [0.5, 0.6) is 0 Å². The average molecular weight is 454 g/mol. The summed E-state index contributed by atoms with van der Waals surface area (Å²) < 4.78 is 5.32. The minimum absolute atomic E-state index is 0.0421. The zero-order chi connectivity index (χ0) is 23.5. The van der Waals surface area contributed by atoms with E-state index in [0.29, 0.717) is 4.90 Å². The van der Waals surface area contributed by atoms with Crippen LogP contribution in [0, 0.1) is 0 Å². The zero-order valence-electron chi connectivity index (χ0n) is 16.7.